The quantitative estimate of drug-likeness (QED) is 0.708. The number of thioether (sulfide) groups is 1. The fourth-order valence-electron chi connectivity index (χ4n) is 1.94. The first-order valence-electron chi connectivity index (χ1n) is 7.16. The number of carbonyl (C=O) groups excluding carboxylic acids is 1. The van der Waals surface area contributed by atoms with Crippen molar-refractivity contribution >= 4 is 40.9 Å². The minimum atomic E-state index is -0.774. The Morgan fingerprint density at radius 2 is 1.96 bits per heavy atom. The summed E-state index contributed by atoms with van der Waals surface area (Å²) in [6.07, 6.45) is 1.21. The van der Waals surface area contributed by atoms with Gasteiger partial charge in [0.1, 0.15) is 5.75 Å². The fourth-order valence-corrected chi connectivity index (χ4v) is 2.81. The lowest BCUT2D eigenvalue weighted by Crippen LogP contribution is -2.32. The second kappa shape index (κ2) is 9.18. The molecule has 7 heteroatoms. The fraction of sp³-hybridized carbons (Fsp3) is 0.235. The maximum Gasteiger partial charge on any atom is 0.258 e. The molecule has 0 saturated carbocycles. The van der Waals surface area contributed by atoms with Crippen molar-refractivity contribution in [2.45, 2.75) is 11.0 Å². The summed E-state index contributed by atoms with van der Waals surface area (Å²) in [4.78, 5) is 12.9. The standard InChI is InChI=1S/C17H17Cl2NO3S/c1-24-13-5-2-11(3-6-13)15(21)9-20-17(22)10-23-16-7-4-12(18)8-14(16)19/h2-8,15,21H,9-10H2,1H3,(H,20,22). The molecule has 0 saturated heterocycles. The summed E-state index contributed by atoms with van der Waals surface area (Å²) in [5, 5.41) is 13.5. The molecule has 4 nitrogen and oxygen atoms in total. The van der Waals surface area contributed by atoms with Crippen LogP contribution >= 0.6 is 35.0 Å². The molecule has 0 fully saturated rings. The van der Waals surface area contributed by atoms with Gasteiger partial charge in [-0.2, -0.15) is 0 Å². The molecule has 2 aromatic carbocycles. The van der Waals surface area contributed by atoms with Gasteiger partial charge in [0.2, 0.25) is 0 Å². The molecule has 0 bridgehead atoms. The van der Waals surface area contributed by atoms with E-state index in [0.717, 1.165) is 10.5 Å². The Kier molecular flexibility index (Phi) is 7.24. The smallest absolute Gasteiger partial charge is 0.258 e. The van der Waals surface area contributed by atoms with Gasteiger partial charge >= 0.3 is 0 Å². The van der Waals surface area contributed by atoms with E-state index in [4.69, 9.17) is 27.9 Å². The third kappa shape index (κ3) is 5.60. The van der Waals surface area contributed by atoms with Crippen LogP contribution in [0, 0.1) is 0 Å². The second-order valence-corrected chi connectivity index (χ2v) is 6.68. The number of carbonyl (C=O) groups is 1. The molecule has 0 radical (unpaired) electrons. The SMILES string of the molecule is CSc1ccc(C(O)CNC(=O)COc2ccc(Cl)cc2Cl)cc1. The van der Waals surface area contributed by atoms with E-state index in [2.05, 4.69) is 5.32 Å². The molecule has 128 valence electrons. The lowest BCUT2D eigenvalue weighted by atomic mass is 10.1. The zero-order chi connectivity index (χ0) is 17.5. The van der Waals surface area contributed by atoms with Crippen LogP contribution in [0.15, 0.2) is 47.4 Å². The minimum absolute atomic E-state index is 0.106. The van der Waals surface area contributed by atoms with Gasteiger partial charge in [-0.1, -0.05) is 35.3 Å². The van der Waals surface area contributed by atoms with Gasteiger partial charge in [0.15, 0.2) is 6.61 Å². The van der Waals surface area contributed by atoms with Gasteiger partial charge in [-0.15, -0.1) is 11.8 Å². The molecular formula is C17H17Cl2NO3S. The van der Waals surface area contributed by atoms with Crippen molar-refractivity contribution in [2.24, 2.45) is 0 Å². The van der Waals surface area contributed by atoms with Gasteiger partial charge in [0.25, 0.3) is 5.91 Å². The Morgan fingerprint density at radius 1 is 1.25 bits per heavy atom. The van der Waals surface area contributed by atoms with E-state index in [9.17, 15) is 9.90 Å². The number of ether oxygens (including phenoxy) is 1. The summed E-state index contributed by atoms with van der Waals surface area (Å²) in [5.41, 5.74) is 0.745. The highest BCUT2D eigenvalue weighted by Crippen LogP contribution is 2.27. The van der Waals surface area contributed by atoms with Crippen LogP contribution in [0.3, 0.4) is 0 Å². The Balaban J connectivity index is 1.79. The molecule has 24 heavy (non-hydrogen) atoms. The molecule has 0 heterocycles. The number of benzene rings is 2. The van der Waals surface area contributed by atoms with Crippen LogP contribution < -0.4 is 10.1 Å². The minimum Gasteiger partial charge on any atom is -0.482 e. The number of hydrogen-bond donors (Lipinski definition) is 2. The number of hydrogen-bond acceptors (Lipinski definition) is 4. The topological polar surface area (TPSA) is 58.6 Å². The molecule has 2 aromatic rings. The number of amides is 1. The molecule has 0 aliphatic carbocycles. The summed E-state index contributed by atoms with van der Waals surface area (Å²) in [5.74, 6) is 0.0326. The molecule has 0 aromatic heterocycles. The average molecular weight is 386 g/mol. The summed E-state index contributed by atoms with van der Waals surface area (Å²) in [6.45, 7) is -0.0886. The van der Waals surface area contributed by atoms with Crippen LogP contribution in [-0.2, 0) is 4.79 Å². The van der Waals surface area contributed by atoms with Crippen LogP contribution in [0.25, 0.3) is 0 Å². The number of halogens is 2. The maximum atomic E-state index is 11.8. The summed E-state index contributed by atoms with van der Waals surface area (Å²) in [7, 11) is 0. The monoisotopic (exact) mass is 385 g/mol. The number of nitrogens with one attached hydrogen (secondary N) is 1. The second-order valence-electron chi connectivity index (χ2n) is 4.96. The van der Waals surface area contributed by atoms with Gasteiger partial charge in [0.05, 0.1) is 11.1 Å². The molecule has 2 N–H and O–H groups in total. The van der Waals surface area contributed by atoms with Crippen molar-refractivity contribution in [3.63, 3.8) is 0 Å². The molecule has 0 aliphatic heterocycles. The Morgan fingerprint density at radius 3 is 2.58 bits per heavy atom. The number of rotatable bonds is 7. The van der Waals surface area contributed by atoms with Gasteiger partial charge in [-0.25, -0.2) is 0 Å². The van der Waals surface area contributed by atoms with Crippen LogP contribution in [-0.4, -0.2) is 30.4 Å². The summed E-state index contributed by atoms with van der Waals surface area (Å²) < 4.78 is 5.33. The Bertz CT molecular complexity index is 695. The highest BCUT2D eigenvalue weighted by Gasteiger charge is 2.11. The van der Waals surface area contributed by atoms with Crippen molar-refractivity contribution < 1.29 is 14.6 Å². The van der Waals surface area contributed by atoms with Crippen molar-refractivity contribution in [1.29, 1.82) is 0 Å². The summed E-state index contributed by atoms with van der Waals surface area (Å²) in [6, 6.07) is 12.3. The van der Waals surface area contributed by atoms with E-state index < -0.39 is 6.10 Å². The molecule has 0 spiro atoms. The lowest BCUT2D eigenvalue weighted by molar-refractivity contribution is -0.123. The van der Waals surface area contributed by atoms with Crippen molar-refractivity contribution in [1.82, 2.24) is 5.32 Å². The molecule has 1 atom stereocenters. The predicted octanol–water partition coefficient (Wildman–Crippen LogP) is 3.94. The number of aliphatic hydroxyl groups excluding tert-OH is 1. The van der Waals surface area contributed by atoms with E-state index in [1.54, 1.807) is 30.0 Å². The van der Waals surface area contributed by atoms with Crippen LogP contribution in [0.5, 0.6) is 5.75 Å². The number of aliphatic hydroxyl groups is 1. The highest BCUT2D eigenvalue weighted by molar-refractivity contribution is 7.98. The van der Waals surface area contributed by atoms with E-state index in [-0.39, 0.29) is 19.1 Å². The predicted molar refractivity (Wildman–Crippen MR) is 98.1 cm³/mol. The van der Waals surface area contributed by atoms with Crippen molar-refractivity contribution in [2.75, 3.05) is 19.4 Å². The van der Waals surface area contributed by atoms with Crippen molar-refractivity contribution in [3.8, 4) is 5.75 Å². The first-order chi connectivity index (χ1) is 11.5. The summed E-state index contributed by atoms with van der Waals surface area (Å²) >= 11 is 13.4. The molecule has 0 aliphatic rings. The van der Waals surface area contributed by atoms with Crippen LogP contribution in [0.1, 0.15) is 11.7 Å². The molecule has 1 unspecified atom stereocenters. The van der Waals surface area contributed by atoms with E-state index >= 15 is 0 Å². The molecule has 1 amide bonds. The Labute approximate surface area is 155 Å². The molecular weight excluding hydrogens is 369 g/mol. The van der Waals surface area contributed by atoms with Crippen LogP contribution in [0.2, 0.25) is 10.0 Å². The first kappa shape index (κ1) is 18.9. The first-order valence-corrected chi connectivity index (χ1v) is 9.14. The zero-order valence-corrected chi connectivity index (χ0v) is 15.3. The third-order valence-corrected chi connectivity index (χ3v) is 4.52. The highest BCUT2D eigenvalue weighted by atomic mass is 35.5. The normalized spacial score (nSPS) is 11.8. The zero-order valence-electron chi connectivity index (χ0n) is 13.0. The maximum absolute atomic E-state index is 11.8. The largest absolute Gasteiger partial charge is 0.482 e. The van der Waals surface area contributed by atoms with Crippen LogP contribution in [0.4, 0.5) is 0 Å². The average Bonchev–Trinajstić information content (AvgIpc) is 2.59. The van der Waals surface area contributed by atoms with Crippen molar-refractivity contribution in [3.05, 3.63) is 58.1 Å². The lowest BCUT2D eigenvalue weighted by Gasteiger charge is -2.13. The van der Waals surface area contributed by atoms with E-state index in [1.165, 1.54) is 0 Å². The van der Waals surface area contributed by atoms with E-state index in [0.29, 0.717) is 15.8 Å². The Hall–Kier alpha value is -1.40. The van der Waals surface area contributed by atoms with Gasteiger partial charge in [-0.3, -0.25) is 4.79 Å². The van der Waals surface area contributed by atoms with Gasteiger partial charge < -0.3 is 15.2 Å². The molecule has 2 rings (SSSR count). The van der Waals surface area contributed by atoms with Gasteiger partial charge in [0, 0.05) is 16.5 Å². The third-order valence-electron chi connectivity index (χ3n) is 3.25. The van der Waals surface area contributed by atoms with Gasteiger partial charge in [-0.05, 0) is 42.2 Å². The van der Waals surface area contributed by atoms with E-state index in [1.807, 2.05) is 30.5 Å².